The van der Waals surface area contributed by atoms with Crippen LogP contribution in [-0.2, 0) is 20.9 Å². The summed E-state index contributed by atoms with van der Waals surface area (Å²) in [6.07, 6.45) is 1.15. The van der Waals surface area contributed by atoms with E-state index in [0.29, 0.717) is 5.91 Å². The van der Waals surface area contributed by atoms with Gasteiger partial charge in [-0.05, 0) is 25.7 Å². The Kier molecular flexibility index (Phi) is 7.35. The quantitative estimate of drug-likeness (QED) is 0.764. The van der Waals surface area contributed by atoms with Gasteiger partial charge in [0.2, 0.25) is 5.91 Å². The van der Waals surface area contributed by atoms with Gasteiger partial charge in [0, 0.05) is 56.4 Å². The van der Waals surface area contributed by atoms with Gasteiger partial charge >= 0.3 is 12.1 Å². The highest BCUT2D eigenvalue weighted by Gasteiger charge is 2.51. The molecule has 3 saturated heterocycles. The van der Waals surface area contributed by atoms with E-state index in [0.717, 1.165) is 76.6 Å². The van der Waals surface area contributed by atoms with Crippen LogP contribution in [0, 0.1) is 11.3 Å². The molecule has 0 saturated carbocycles. The maximum atomic E-state index is 13.1. The van der Waals surface area contributed by atoms with Gasteiger partial charge in [-0.1, -0.05) is 0 Å². The summed E-state index contributed by atoms with van der Waals surface area (Å²) in [7, 11) is 0. The summed E-state index contributed by atoms with van der Waals surface area (Å²) in [6, 6.07) is 0. The Bertz CT molecular complexity index is 717. The average molecular weight is 449 g/mol. The summed E-state index contributed by atoms with van der Waals surface area (Å²) in [5.74, 6) is -2.22. The van der Waals surface area contributed by atoms with E-state index in [4.69, 9.17) is 14.6 Å². The molecule has 4 rings (SSSR count). The molecule has 1 aromatic heterocycles. The van der Waals surface area contributed by atoms with Crippen molar-refractivity contribution in [3.8, 4) is 0 Å². The van der Waals surface area contributed by atoms with Gasteiger partial charge < -0.3 is 14.7 Å². The summed E-state index contributed by atoms with van der Waals surface area (Å²) in [5.41, 5.74) is 0.120. The van der Waals surface area contributed by atoms with E-state index in [1.165, 1.54) is 0 Å². The fourth-order valence-corrected chi connectivity index (χ4v) is 5.15. The van der Waals surface area contributed by atoms with E-state index in [-0.39, 0.29) is 11.3 Å². The number of amides is 1. The van der Waals surface area contributed by atoms with Crippen LogP contribution in [0.2, 0.25) is 0 Å². The van der Waals surface area contributed by atoms with Crippen molar-refractivity contribution in [2.75, 3.05) is 39.4 Å². The Morgan fingerprint density at radius 1 is 1.27 bits per heavy atom. The van der Waals surface area contributed by atoms with Crippen molar-refractivity contribution in [3.05, 3.63) is 16.6 Å². The smallest absolute Gasteiger partial charge is 0.475 e. The number of thiazole rings is 1. The van der Waals surface area contributed by atoms with Gasteiger partial charge in [-0.25, -0.2) is 9.78 Å². The first-order valence-electron chi connectivity index (χ1n) is 9.99. The molecule has 1 amide bonds. The molecule has 0 bridgehead atoms. The lowest BCUT2D eigenvalue weighted by Gasteiger charge is -2.38. The number of alkyl halides is 3. The molecule has 168 valence electrons. The number of likely N-dealkylation sites (tertiary alicyclic amines) is 2. The highest BCUT2D eigenvalue weighted by atomic mass is 32.1. The molecule has 3 aliphatic heterocycles. The normalized spacial score (nSPS) is 24.0. The van der Waals surface area contributed by atoms with Crippen molar-refractivity contribution >= 4 is 23.2 Å². The molecule has 0 aliphatic carbocycles. The van der Waals surface area contributed by atoms with Crippen molar-refractivity contribution in [1.82, 2.24) is 14.8 Å². The monoisotopic (exact) mass is 449 g/mol. The van der Waals surface area contributed by atoms with Gasteiger partial charge in [0.15, 0.2) is 0 Å². The second-order valence-electron chi connectivity index (χ2n) is 7.96. The minimum atomic E-state index is -5.08. The van der Waals surface area contributed by atoms with Crippen LogP contribution >= 0.6 is 11.3 Å². The summed E-state index contributed by atoms with van der Waals surface area (Å²) in [5, 5.41) is 10.3. The predicted molar refractivity (Wildman–Crippen MR) is 103 cm³/mol. The fraction of sp³-hybridized carbons (Fsp3) is 0.737. The molecule has 1 unspecified atom stereocenters. The van der Waals surface area contributed by atoms with Crippen LogP contribution in [0.1, 0.15) is 30.7 Å². The zero-order chi connectivity index (χ0) is 21.8. The van der Waals surface area contributed by atoms with Crippen LogP contribution in [-0.4, -0.2) is 77.3 Å². The first-order chi connectivity index (χ1) is 14.2. The standard InChI is InChI=1S/C17H25N3O2S.C2HF3O2/c21-16(20-6-1-2-7-20)14-11-19(12-15-18-5-10-23-15)13-17(14)3-8-22-9-4-17;3-2(4,5)1(6)7/h5,10,14H,1-4,6-9,11-13H2;(H,6,7). The van der Waals surface area contributed by atoms with Gasteiger partial charge in [0.05, 0.1) is 12.5 Å². The molecule has 1 N–H and O–H groups in total. The van der Waals surface area contributed by atoms with E-state index >= 15 is 0 Å². The van der Waals surface area contributed by atoms with Crippen LogP contribution in [0.3, 0.4) is 0 Å². The van der Waals surface area contributed by atoms with Crippen LogP contribution in [0.15, 0.2) is 11.6 Å². The van der Waals surface area contributed by atoms with E-state index < -0.39 is 12.1 Å². The van der Waals surface area contributed by atoms with Gasteiger partial charge in [-0.3, -0.25) is 9.69 Å². The van der Waals surface area contributed by atoms with E-state index in [9.17, 15) is 18.0 Å². The molecule has 0 radical (unpaired) electrons. The van der Waals surface area contributed by atoms with Gasteiger partial charge in [-0.2, -0.15) is 13.2 Å². The lowest BCUT2D eigenvalue weighted by molar-refractivity contribution is -0.192. The molecule has 1 atom stereocenters. The van der Waals surface area contributed by atoms with Crippen LogP contribution in [0.25, 0.3) is 0 Å². The van der Waals surface area contributed by atoms with Crippen LogP contribution in [0.4, 0.5) is 13.2 Å². The number of rotatable bonds is 3. The van der Waals surface area contributed by atoms with Crippen molar-refractivity contribution in [1.29, 1.82) is 0 Å². The summed E-state index contributed by atoms with van der Waals surface area (Å²) >= 11 is 1.71. The highest BCUT2D eigenvalue weighted by Crippen LogP contribution is 2.45. The molecule has 0 aromatic carbocycles. The molecular weight excluding hydrogens is 423 g/mol. The fourth-order valence-electron chi connectivity index (χ4n) is 4.50. The maximum absolute atomic E-state index is 13.1. The number of hydrogen-bond donors (Lipinski definition) is 1. The number of halogens is 3. The second kappa shape index (κ2) is 9.61. The van der Waals surface area contributed by atoms with Crippen LogP contribution in [0.5, 0.6) is 0 Å². The third-order valence-corrected chi connectivity index (χ3v) is 6.77. The third kappa shape index (κ3) is 5.50. The molecule has 30 heavy (non-hydrogen) atoms. The molecule has 7 nitrogen and oxygen atoms in total. The second-order valence-corrected chi connectivity index (χ2v) is 8.94. The highest BCUT2D eigenvalue weighted by molar-refractivity contribution is 7.09. The third-order valence-electron chi connectivity index (χ3n) is 6.01. The zero-order valence-electron chi connectivity index (χ0n) is 16.6. The van der Waals surface area contributed by atoms with E-state index in [2.05, 4.69) is 14.8 Å². The summed E-state index contributed by atoms with van der Waals surface area (Å²) < 4.78 is 37.3. The molecular formula is C19H26F3N3O4S. The number of carboxylic acids is 1. The number of carbonyl (C=O) groups excluding carboxylic acids is 1. The van der Waals surface area contributed by atoms with Crippen molar-refractivity contribution in [2.45, 2.75) is 38.4 Å². The lowest BCUT2D eigenvalue weighted by Crippen LogP contribution is -2.45. The van der Waals surface area contributed by atoms with Crippen molar-refractivity contribution in [3.63, 3.8) is 0 Å². The summed E-state index contributed by atoms with van der Waals surface area (Å²) in [6.45, 7) is 6.28. The Hall–Kier alpha value is -1.72. The minimum absolute atomic E-state index is 0.120. The predicted octanol–water partition coefficient (Wildman–Crippen LogP) is 2.63. The first kappa shape index (κ1) is 23.0. The first-order valence-corrected chi connectivity index (χ1v) is 10.9. The Morgan fingerprint density at radius 2 is 1.90 bits per heavy atom. The number of aliphatic carboxylic acids is 1. The molecule has 3 aliphatic rings. The minimum Gasteiger partial charge on any atom is -0.475 e. The largest absolute Gasteiger partial charge is 0.490 e. The van der Waals surface area contributed by atoms with Gasteiger partial charge in [-0.15, -0.1) is 11.3 Å². The molecule has 4 heterocycles. The molecule has 1 spiro atoms. The average Bonchev–Trinajstić information content (AvgIpc) is 3.44. The Labute approximate surface area is 176 Å². The van der Waals surface area contributed by atoms with Gasteiger partial charge in [0.1, 0.15) is 5.01 Å². The number of hydrogen-bond acceptors (Lipinski definition) is 6. The number of ether oxygens (including phenoxy) is 1. The number of carbonyl (C=O) groups is 2. The van der Waals surface area contributed by atoms with E-state index in [1.807, 2.05) is 11.6 Å². The molecule has 3 fully saturated rings. The maximum Gasteiger partial charge on any atom is 0.490 e. The SMILES string of the molecule is O=C(C1CN(Cc2nccs2)CC12CCOCC2)N1CCCC1.O=C(O)C(F)(F)F. The lowest BCUT2D eigenvalue weighted by atomic mass is 9.71. The van der Waals surface area contributed by atoms with E-state index in [1.54, 1.807) is 11.3 Å². The number of nitrogens with zero attached hydrogens (tertiary/aromatic N) is 3. The molecule has 1 aromatic rings. The van der Waals surface area contributed by atoms with Crippen LogP contribution < -0.4 is 0 Å². The Morgan fingerprint density at radius 3 is 2.43 bits per heavy atom. The van der Waals surface area contributed by atoms with Crippen molar-refractivity contribution in [2.24, 2.45) is 11.3 Å². The number of carboxylic acid groups (broad SMARTS) is 1. The zero-order valence-corrected chi connectivity index (χ0v) is 17.4. The number of aromatic nitrogens is 1. The Balaban J connectivity index is 0.000000318. The van der Waals surface area contributed by atoms with Crippen molar-refractivity contribution < 1.29 is 32.6 Å². The topological polar surface area (TPSA) is 83.0 Å². The van der Waals surface area contributed by atoms with Gasteiger partial charge in [0.25, 0.3) is 0 Å². The summed E-state index contributed by atoms with van der Waals surface area (Å²) in [4.78, 5) is 31.0. The molecule has 11 heteroatoms.